The number of piperidine rings is 1. The predicted molar refractivity (Wildman–Crippen MR) is 82.5 cm³/mol. The third-order valence-corrected chi connectivity index (χ3v) is 4.09. The average molecular weight is 336 g/mol. The van der Waals surface area contributed by atoms with Crippen LogP contribution in [0.4, 0.5) is 5.69 Å². The highest BCUT2D eigenvalue weighted by molar-refractivity contribution is 9.10. The van der Waals surface area contributed by atoms with Gasteiger partial charge in [-0.1, -0.05) is 15.9 Å². The first-order valence-corrected chi connectivity index (χ1v) is 7.58. The molecule has 4 nitrogen and oxygen atoms in total. The van der Waals surface area contributed by atoms with Crippen LogP contribution in [0, 0.1) is 17.2 Å². The van der Waals surface area contributed by atoms with Crippen LogP contribution in [0.2, 0.25) is 0 Å². The molecule has 1 N–H and O–H groups in total. The average Bonchev–Trinajstić information content (AvgIpc) is 2.45. The molecule has 0 unspecified atom stereocenters. The lowest BCUT2D eigenvalue weighted by molar-refractivity contribution is -0.119. The van der Waals surface area contributed by atoms with Crippen LogP contribution < -0.4 is 10.2 Å². The lowest BCUT2D eigenvalue weighted by Crippen LogP contribution is -2.38. The monoisotopic (exact) mass is 335 g/mol. The van der Waals surface area contributed by atoms with Crippen molar-refractivity contribution in [2.75, 3.05) is 24.5 Å². The van der Waals surface area contributed by atoms with E-state index in [2.05, 4.69) is 38.3 Å². The Hall–Kier alpha value is -1.54. The lowest BCUT2D eigenvalue weighted by atomic mass is 9.96. The molecule has 1 saturated heterocycles. The van der Waals surface area contributed by atoms with Crippen molar-refractivity contribution in [3.63, 3.8) is 0 Å². The Balaban J connectivity index is 1.95. The summed E-state index contributed by atoms with van der Waals surface area (Å²) in [6, 6.07) is 7.99. The number of halogens is 1. The third kappa shape index (κ3) is 3.97. The highest BCUT2D eigenvalue weighted by Gasteiger charge is 2.20. The van der Waals surface area contributed by atoms with Gasteiger partial charge in [-0.25, -0.2) is 0 Å². The first-order chi connectivity index (χ1) is 9.58. The van der Waals surface area contributed by atoms with Crippen LogP contribution in [-0.2, 0) is 4.79 Å². The highest BCUT2D eigenvalue weighted by atomic mass is 79.9. The Kier molecular flexibility index (Phi) is 5.02. The number of nitrogens with one attached hydrogen (secondary N) is 1. The van der Waals surface area contributed by atoms with Crippen molar-refractivity contribution in [3.05, 3.63) is 28.2 Å². The first kappa shape index (κ1) is 14.9. The molecule has 1 aromatic rings. The molecule has 1 aliphatic rings. The van der Waals surface area contributed by atoms with Crippen molar-refractivity contribution < 1.29 is 4.79 Å². The normalized spacial score (nSPS) is 15.8. The molecule has 0 aromatic heterocycles. The van der Waals surface area contributed by atoms with Gasteiger partial charge in [0.05, 0.1) is 11.6 Å². The highest BCUT2D eigenvalue weighted by Crippen LogP contribution is 2.27. The summed E-state index contributed by atoms with van der Waals surface area (Å²) in [6.07, 6.45) is 2.13. The molecule has 106 valence electrons. The van der Waals surface area contributed by atoms with Gasteiger partial charge >= 0.3 is 0 Å². The van der Waals surface area contributed by atoms with E-state index in [0.717, 1.165) is 42.6 Å². The van der Waals surface area contributed by atoms with E-state index in [4.69, 9.17) is 5.26 Å². The van der Waals surface area contributed by atoms with Gasteiger partial charge < -0.3 is 10.2 Å². The van der Waals surface area contributed by atoms with Crippen molar-refractivity contribution in [2.24, 2.45) is 5.92 Å². The fourth-order valence-electron chi connectivity index (χ4n) is 2.50. The summed E-state index contributed by atoms with van der Waals surface area (Å²) < 4.78 is 0.937. The first-order valence-electron chi connectivity index (χ1n) is 6.78. The molecule has 1 fully saturated rings. The van der Waals surface area contributed by atoms with Gasteiger partial charge in [0.2, 0.25) is 5.91 Å². The second kappa shape index (κ2) is 6.76. The van der Waals surface area contributed by atoms with Gasteiger partial charge in [-0.3, -0.25) is 4.79 Å². The smallest absolute Gasteiger partial charge is 0.216 e. The Labute approximate surface area is 127 Å². The van der Waals surface area contributed by atoms with Gasteiger partial charge in [0.25, 0.3) is 0 Å². The van der Waals surface area contributed by atoms with Gasteiger partial charge in [-0.2, -0.15) is 5.26 Å². The molecule has 1 heterocycles. The number of anilines is 1. The quantitative estimate of drug-likeness (QED) is 0.923. The number of hydrogen-bond acceptors (Lipinski definition) is 3. The molecular formula is C15H18BrN3O. The number of benzene rings is 1. The van der Waals surface area contributed by atoms with Crippen LogP contribution in [0.1, 0.15) is 25.3 Å². The number of carbonyl (C=O) groups is 1. The van der Waals surface area contributed by atoms with Crippen molar-refractivity contribution in [2.45, 2.75) is 19.8 Å². The van der Waals surface area contributed by atoms with E-state index in [9.17, 15) is 4.79 Å². The van der Waals surface area contributed by atoms with E-state index < -0.39 is 0 Å². The zero-order chi connectivity index (χ0) is 14.5. The minimum Gasteiger partial charge on any atom is -0.371 e. The molecule has 20 heavy (non-hydrogen) atoms. The van der Waals surface area contributed by atoms with Crippen molar-refractivity contribution >= 4 is 27.5 Å². The summed E-state index contributed by atoms with van der Waals surface area (Å²) in [5, 5.41) is 11.9. The fraction of sp³-hybridized carbons (Fsp3) is 0.467. The molecule has 0 spiro atoms. The molecule has 2 rings (SSSR count). The van der Waals surface area contributed by atoms with E-state index in [1.165, 1.54) is 0 Å². The van der Waals surface area contributed by atoms with Gasteiger partial charge in [-0.05, 0) is 37.0 Å². The number of carbonyl (C=O) groups excluding carboxylic acids is 1. The maximum Gasteiger partial charge on any atom is 0.216 e. The van der Waals surface area contributed by atoms with Crippen molar-refractivity contribution in [3.8, 4) is 6.07 Å². The van der Waals surface area contributed by atoms with Crippen LogP contribution in [0.15, 0.2) is 22.7 Å². The molecular weight excluding hydrogens is 318 g/mol. The molecule has 1 aliphatic heterocycles. The number of nitrogens with zero attached hydrogens (tertiary/aromatic N) is 2. The molecule has 1 amide bonds. The Bertz CT molecular complexity index is 530. The zero-order valence-electron chi connectivity index (χ0n) is 11.5. The standard InChI is InChI=1S/C15H18BrN3O/c1-11(20)18-10-12-2-4-19(5-3-12)15-7-13(9-17)6-14(16)8-15/h6-8,12H,2-5,10H2,1H3,(H,18,20). The van der Waals surface area contributed by atoms with Crippen LogP contribution in [0.25, 0.3) is 0 Å². The van der Waals surface area contributed by atoms with E-state index in [1.54, 1.807) is 6.92 Å². The van der Waals surface area contributed by atoms with Crippen LogP contribution in [0.3, 0.4) is 0 Å². The van der Waals surface area contributed by atoms with Gasteiger partial charge in [0.1, 0.15) is 0 Å². The van der Waals surface area contributed by atoms with E-state index >= 15 is 0 Å². The Morgan fingerprint density at radius 3 is 2.75 bits per heavy atom. The number of hydrogen-bond donors (Lipinski definition) is 1. The number of amides is 1. The maximum absolute atomic E-state index is 10.9. The summed E-state index contributed by atoms with van der Waals surface area (Å²) in [6.45, 7) is 4.25. The summed E-state index contributed by atoms with van der Waals surface area (Å²) in [7, 11) is 0. The summed E-state index contributed by atoms with van der Waals surface area (Å²) in [4.78, 5) is 13.2. The van der Waals surface area contributed by atoms with Crippen LogP contribution in [-0.4, -0.2) is 25.5 Å². The maximum atomic E-state index is 10.9. The number of nitriles is 1. The Morgan fingerprint density at radius 2 is 2.15 bits per heavy atom. The lowest BCUT2D eigenvalue weighted by Gasteiger charge is -2.33. The van der Waals surface area contributed by atoms with E-state index in [-0.39, 0.29) is 5.91 Å². The molecule has 1 aromatic carbocycles. The largest absolute Gasteiger partial charge is 0.371 e. The van der Waals surface area contributed by atoms with E-state index in [0.29, 0.717) is 11.5 Å². The summed E-state index contributed by atoms with van der Waals surface area (Å²) in [5.74, 6) is 0.593. The molecule has 0 saturated carbocycles. The third-order valence-electron chi connectivity index (χ3n) is 3.63. The topological polar surface area (TPSA) is 56.1 Å². The SMILES string of the molecule is CC(=O)NCC1CCN(c2cc(Br)cc(C#N)c2)CC1. The second-order valence-corrected chi connectivity index (χ2v) is 6.09. The zero-order valence-corrected chi connectivity index (χ0v) is 13.1. The summed E-state index contributed by atoms with van der Waals surface area (Å²) in [5.41, 5.74) is 1.77. The Morgan fingerprint density at radius 1 is 1.45 bits per heavy atom. The van der Waals surface area contributed by atoms with Gasteiger partial charge in [-0.15, -0.1) is 0 Å². The second-order valence-electron chi connectivity index (χ2n) is 5.18. The predicted octanol–water partition coefficient (Wildman–Crippen LogP) is 2.67. The molecule has 0 radical (unpaired) electrons. The van der Waals surface area contributed by atoms with Gasteiger partial charge in [0.15, 0.2) is 0 Å². The molecule has 0 aliphatic carbocycles. The molecule has 0 atom stereocenters. The molecule has 0 bridgehead atoms. The minimum atomic E-state index is 0.0399. The number of rotatable bonds is 3. The molecule has 5 heteroatoms. The minimum absolute atomic E-state index is 0.0399. The van der Waals surface area contributed by atoms with Crippen molar-refractivity contribution in [1.29, 1.82) is 5.26 Å². The van der Waals surface area contributed by atoms with Gasteiger partial charge in [0, 0.05) is 36.7 Å². The fourth-order valence-corrected chi connectivity index (χ4v) is 2.99. The van der Waals surface area contributed by atoms with Crippen molar-refractivity contribution in [1.82, 2.24) is 5.32 Å². The summed E-state index contributed by atoms with van der Waals surface area (Å²) >= 11 is 3.45. The van der Waals surface area contributed by atoms with Crippen LogP contribution in [0.5, 0.6) is 0 Å². The van der Waals surface area contributed by atoms with E-state index in [1.807, 2.05) is 12.1 Å². The van der Waals surface area contributed by atoms with Crippen LogP contribution >= 0.6 is 15.9 Å².